The highest BCUT2D eigenvalue weighted by Crippen LogP contribution is 2.65. The molecule has 0 radical (unpaired) electrons. The Morgan fingerprint density at radius 3 is 2.25 bits per heavy atom. The first-order valence-electron chi connectivity index (χ1n) is 12.2. The minimum atomic E-state index is -0.224. The molecule has 1 saturated heterocycles. The monoisotopic (exact) mass is 700 g/mol. The van der Waals surface area contributed by atoms with Crippen molar-refractivity contribution < 1.29 is 14.3 Å². The van der Waals surface area contributed by atoms with Crippen molar-refractivity contribution in [3.8, 4) is 5.75 Å². The molecule has 5 aliphatic rings. The minimum absolute atomic E-state index is 0.134. The van der Waals surface area contributed by atoms with Crippen LogP contribution in [0.3, 0.4) is 0 Å². The zero-order valence-electron chi connectivity index (χ0n) is 19.2. The van der Waals surface area contributed by atoms with E-state index in [1.54, 1.807) is 6.21 Å². The van der Waals surface area contributed by atoms with Gasteiger partial charge in [-0.25, -0.2) is 0 Å². The first-order valence-corrected chi connectivity index (χ1v) is 14.4. The molecule has 7 heteroatoms. The van der Waals surface area contributed by atoms with E-state index in [0.717, 1.165) is 35.4 Å². The fraction of sp³-hybridized carbons (Fsp3) is 0.276. The fourth-order valence-corrected chi connectivity index (χ4v) is 8.67. The number of ether oxygens (including phenoxy) is 1. The van der Waals surface area contributed by atoms with Crippen LogP contribution in [0.15, 0.2) is 71.9 Å². The Labute approximate surface area is 236 Å². The lowest BCUT2D eigenvalue weighted by Crippen LogP contribution is -2.40. The average Bonchev–Trinajstić information content (AvgIpc) is 3.66. The molecule has 0 N–H and O–H groups in total. The molecule has 0 unspecified atom stereocenters. The van der Waals surface area contributed by atoms with Crippen LogP contribution in [0, 0.1) is 42.6 Å². The molecule has 1 aliphatic heterocycles. The summed E-state index contributed by atoms with van der Waals surface area (Å²) in [6.45, 7) is 0.471. The minimum Gasteiger partial charge on any atom is -0.487 e. The third-order valence-electron chi connectivity index (χ3n) is 8.23. The highest BCUT2D eigenvalue weighted by atomic mass is 127. The lowest BCUT2D eigenvalue weighted by atomic mass is 9.63. The molecule has 5 nitrogen and oxygen atoms in total. The Morgan fingerprint density at radius 2 is 1.56 bits per heavy atom. The molecule has 0 spiro atoms. The molecule has 2 bridgehead atoms. The van der Waals surface area contributed by atoms with Crippen LogP contribution in [0.4, 0.5) is 0 Å². The van der Waals surface area contributed by atoms with Gasteiger partial charge in [0.25, 0.3) is 11.8 Å². The SMILES string of the molecule is O=C1[C@H]2[C@@H]3C=C[C@H]([C@H]4C[C@H]34)[C@@H]2C(=O)N1/N=C\c1cc(I)c(OCc2cccc3ccccc23)c(I)c1. The maximum atomic E-state index is 13.2. The summed E-state index contributed by atoms with van der Waals surface area (Å²) >= 11 is 4.54. The highest BCUT2D eigenvalue weighted by Gasteiger charge is 2.67. The van der Waals surface area contributed by atoms with Gasteiger partial charge in [-0.15, -0.1) is 0 Å². The number of carbonyl (C=O) groups is 2. The van der Waals surface area contributed by atoms with Gasteiger partial charge in [0.2, 0.25) is 0 Å². The maximum Gasteiger partial charge on any atom is 0.254 e. The van der Waals surface area contributed by atoms with Gasteiger partial charge in [-0.3, -0.25) is 9.59 Å². The first kappa shape index (κ1) is 22.9. The standard InChI is InChI=1S/C29H22I2N2O3/c30-23-10-15(11-24(31)27(23)36-14-17-6-3-5-16-4-1-2-7-18(16)17)13-32-33-28(34)25-19-8-9-20(22-12-21(19)22)26(25)29(33)35/h1-11,13,19-22,25-26H,12,14H2/b32-13-/t19-,20-,21-,22-,25+,26+/m1/s1. The van der Waals surface area contributed by atoms with E-state index in [4.69, 9.17) is 4.74 Å². The van der Waals surface area contributed by atoms with Crippen LogP contribution in [0.25, 0.3) is 10.8 Å². The van der Waals surface area contributed by atoms with Crippen molar-refractivity contribution in [2.45, 2.75) is 13.0 Å². The Hall–Kier alpha value is -2.27. The van der Waals surface area contributed by atoms with Gasteiger partial charge in [0.15, 0.2) is 0 Å². The molecule has 3 aromatic carbocycles. The van der Waals surface area contributed by atoms with E-state index in [2.05, 4.69) is 92.8 Å². The number of carbonyl (C=O) groups excluding carboxylic acids is 2. The highest BCUT2D eigenvalue weighted by molar-refractivity contribution is 14.1. The summed E-state index contributed by atoms with van der Waals surface area (Å²) in [5.74, 6) is 1.71. The van der Waals surface area contributed by atoms with Crippen LogP contribution < -0.4 is 4.74 Å². The lowest BCUT2D eigenvalue weighted by molar-refractivity contribution is -0.140. The summed E-state index contributed by atoms with van der Waals surface area (Å²) in [4.78, 5) is 26.3. The van der Waals surface area contributed by atoms with Gasteiger partial charge in [0.1, 0.15) is 12.4 Å². The number of halogens is 2. The molecule has 2 amide bonds. The number of benzene rings is 3. The van der Waals surface area contributed by atoms with E-state index in [1.807, 2.05) is 24.3 Å². The number of hydrogen-bond acceptors (Lipinski definition) is 4. The number of hydrogen-bond donors (Lipinski definition) is 0. The molecular formula is C29H22I2N2O3. The number of allylic oxidation sites excluding steroid dienone is 2. The third-order valence-corrected chi connectivity index (χ3v) is 9.84. The van der Waals surface area contributed by atoms with Crippen molar-refractivity contribution in [3.63, 3.8) is 0 Å². The zero-order valence-corrected chi connectivity index (χ0v) is 23.5. The van der Waals surface area contributed by atoms with E-state index in [0.29, 0.717) is 18.4 Å². The Morgan fingerprint density at radius 1 is 0.917 bits per heavy atom. The van der Waals surface area contributed by atoms with Crippen LogP contribution in [0.1, 0.15) is 17.5 Å². The molecule has 8 rings (SSSR count). The third kappa shape index (κ3) is 3.56. The Balaban J connectivity index is 1.09. The van der Waals surface area contributed by atoms with Crippen LogP contribution in [0.2, 0.25) is 0 Å². The van der Waals surface area contributed by atoms with Crippen molar-refractivity contribution in [1.29, 1.82) is 0 Å². The van der Waals surface area contributed by atoms with E-state index in [-0.39, 0.29) is 35.5 Å². The molecule has 180 valence electrons. The molecule has 0 aromatic heterocycles. The second kappa shape index (κ2) is 8.65. The van der Waals surface area contributed by atoms with Gasteiger partial charge in [0, 0.05) is 0 Å². The predicted molar refractivity (Wildman–Crippen MR) is 154 cm³/mol. The normalized spacial score (nSPS) is 29.8. The number of hydrazone groups is 1. The van der Waals surface area contributed by atoms with Gasteiger partial charge in [-0.2, -0.15) is 10.1 Å². The van der Waals surface area contributed by atoms with Crippen molar-refractivity contribution in [1.82, 2.24) is 5.01 Å². The van der Waals surface area contributed by atoms with Gasteiger partial charge in [0.05, 0.1) is 25.2 Å². The van der Waals surface area contributed by atoms with Crippen LogP contribution in [0.5, 0.6) is 5.75 Å². The van der Waals surface area contributed by atoms with Crippen molar-refractivity contribution in [3.05, 3.63) is 85.0 Å². The summed E-state index contributed by atoms with van der Waals surface area (Å²) in [6.07, 6.45) is 7.15. The van der Waals surface area contributed by atoms with E-state index in [1.165, 1.54) is 10.8 Å². The van der Waals surface area contributed by atoms with E-state index < -0.39 is 0 Å². The summed E-state index contributed by atoms with van der Waals surface area (Å²) in [7, 11) is 0. The quantitative estimate of drug-likeness (QED) is 0.142. The number of fused-ring (bicyclic) bond motifs is 1. The molecule has 1 heterocycles. The Kier molecular flexibility index (Phi) is 5.50. The summed E-state index contributed by atoms with van der Waals surface area (Å²) in [6, 6.07) is 18.5. The average molecular weight is 700 g/mol. The zero-order chi connectivity index (χ0) is 24.6. The predicted octanol–water partition coefficient (Wildman–Crippen LogP) is 6.02. The van der Waals surface area contributed by atoms with Crippen molar-refractivity contribution in [2.75, 3.05) is 0 Å². The summed E-state index contributed by atoms with van der Waals surface area (Å²) in [5, 5.41) is 7.91. The molecular weight excluding hydrogens is 678 g/mol. The number of nitrogens with zero attached hydrogens (tertiary/aromatic N) is 2. The summed E-state index contributed by atoms with van der Waals surface area (Å²) < 4.78 is 8.16. The van der Waals surface area contributed by atoms with Crippen LogP contribution in [-0.2, 0) is 16.2 Å². The smallest absolute Gasteiger partial charge is 0.254 e. The second-order valence-corrected chi connectivity index (χ2v) is 12.5. The molecule has 4 aliphatic carbocycles. The molecule has 36 heavy (non-hydrogen) atoms. The number of rotatable bonds is 5. The largest absolute Gasteiger partial charge is 0.487 e. The van der Waals surface area contributed by atoms with Gasteiger partial charge in [-0.05, 0) is 109 Å². The summed E-state index contributed by atoms with van der Waals surface area (Å²) in [5.41, 5.74) is 1.97. The molecule has 2 saturated carbocycles. The maximum absolute atomic E-state index is 13.2. The fourth-order valence-electron chi connectivity index (χ4n) is 6.54. The van der Waals surface area contributed by atoms with Crippen LogP contribution in [-0.4, -0.2) is 23.0 Å². The topological polar surface area (TPSA) is 59.0 Å². The molecule has 3 aromatic rings. The van der Waals surface area contributed by atoms with Crippen molar-refractivity contribution in [2.24, 2.45) is 40.6 Å². The van der Waals surface area contributed by atoms with E-state index >= 15 is 0 Å². The molecule has 6 atom stereocenters. The first-order chi connectivity index (χ1) is 17.5. The van der Waals surface area contributed by atoms with Gasteiger partial charge < -0.3 is 4.74 Å². The second-order valence-electron chi connectivity index (χ2n) is 10.1. The van der Waals surface area contributed by atoms with Gasteiger partial charge >= 0.3 is 0 Å². The molecule has 3 fully saturated rings. The van der Waals surface area contributed by atoms with Gasteiger partial charge in [-0.1, -0.05) is 54.6 Å². The number of amides is 2. The lowest BCUT2D eigenvalue weighted by Gasteiger charge is -2.37. The van der Waals surface area contributed by atoms with Crippen LogP contribution >= 0.6 is 45.2 Å². The van der Waals surface area contributed by atoms with E-state index in [9.17, 15) is 9.59 Å². The van der Waals surface area contributed by atoms with Crippen molar-refractivity contribution >= 4 is 74.0 Å². The Bertz CT molecular complexity index is 1430. The number of imide groups is 1.